The van der Waals surface area contributed by atoms with Crippen molar-refractivity contribution in [2.75, 3.05) is 59.8 Å². The first kappa shape index (κ1) is 59.6. The van der Waals surface area contributed by atoms with Crippen molar-refractivity contribution in [3.63, 3.8) is 0 Å². The molecule has 0 aromatic carbocycles. The minimum atomic E-state index is -0.757. The summed E-state index contributed by atoms with van der Waals surface area (Å²) >= 11 is 0. The third-order valence-electron chi connectivity index (χ3n) is 10.3. The van der Waals surface area contributed by atoms with E-state index in [2.05, 4.69) is 20.8 Å². The molecule has 0 saturated heterocycles. The van der Waals surface area contributed by atoms with Gasteiger partial charge in [0, 0.05) is 52.3 Å². The van der Waals surface area contributed by atoms with Crippen LogP contribution in [-0.4, -0.2) is 106 Å². The number of rotatable bonds is 41. The summed E-state index contributed by atoms with van der Waals surface area (Å²) in [6.45, 7) is 12.3. The lowest BCUT2D eigenvalue weighted by atomic mass is 10.1. The number of nitrogens with zero attached hydrogens (tertiary/aromatic N) is 1. The fourth-order valence-electron chi connectivity index (χ4n) is 6.54. The Kier molecular flexibility index (Phi) is 37.9. The summed E-state index contributed by atoms with van der Waals surface area (Å²) in [4.78, 5) is 77.3. The van der Waals surface area contributed by atoms with Crippen LogP contribution in [0.4, 0.5) is 4.79 Å². The van der Waals surface area contributed by atoms with Crippen molar-refractivity contribution in [3.05, 3.63) is 0 Å². The van der Waals surface area contributed by atoms with Crippen molar-refractivity contribution in [2.24, 2.45) is 11.8 Å². The Bertz CT molecular complexity index is 1170. The van der Waals surface area contributed by atoms with E-state index in [-0.39, 0.29) is 95.8 Å². The second-order valence-electron chi connectivity index (χ2n) is 17.8. The molecule has 0 spiro atoms. The van der Waals surface area contributed by atoms with Crippen LogP contribution < -0.4 is 0 Å². The van der Waals surface area contributed by atoms with E-state index in [1.54, 1.807) is 20.8 Å². The summed E-state index contributed by atoms with van der Waals surface area (Å²) in [5.41, 5.74) is -0.757. The average molecular weight is 900 g/mol. The van der Waals surface area contributed by atoms with Gasteiger partial charge in [-0.2, -0.15) is 0 Å². The molecule has 0 saturated carbocycles. The largest absolute Gasteiger partial charge is 0.465 e. The molecule has 0 fully saturated rings. The molecule has 0 aliphatic heterocycles. The summed E-state index contributed by atoms with van der Waals surface area (Å²) in [5, 5.41) is 0. The highest BCUT2D eigenvalue weighted by Crippen LogP contribution is 2.15. The Morgan fingerprint density at radius 2 is 0.667 bits per heavy atom. The van der Waals surface area contributed by atoms with E-state index in [0.29, 0.717) is 25.7 Å². The summed E-state index contributed by atoms with van der Waals surface area (Å²) in [6.07, 6.45) is 20.0. The van der Waals surface area contributed by atoms with Gasteiger partial charge in [-0.1, -0.05) is 117 Å². The maximum absolute atomic E-state index is 13.1. The maximum atomic E-state index is 13.1. The first-order valence-corrected chi connectivity index (χ1v) is 24.5. The van der Waals surface area contributed by atoms with Crippen molar-refractivity contribution < 1.29 is 61.9 Å². The highest BCUT2D eigenvalue weighted by Gasteiger charge is 2.24. The highest BCUT2D eigenvalue weighted by molar-refractivity contribution is 5.72. The zero-order chi connectivity index (χ0) is 47.0. The molecule has 0 rings (SSSR count). The quantitative estimate of drug-likeness (QED) is 0.0323. The van der Waals surface area contributed by atoms with E-state index >= 15 is 0 Å². The summed E-state index contributed by atoms with van der Waals surface area (Å²) < 4.78 is 38.3. The van der Waals surface area contributed by atoms with E-state index in [1.807, 2.05) is 0 Å². The lowest BCUT2D eigenvalue weighted by Gasteiger charge is -2.27. The first-order chi connectivity index (χ1) is 30.2. The van der Waals surface area contributed by atoms with Gasteiger partial charge >= 0.3 is 35.9 Å². The monoisotopic (exact) mass is 900 g/mol. The van der Waals surface area contributed by atoms with Crippen LogP contribution in [0.2, 0.25) is 0 Å². The Morgan fingerprint density at radius 1 is 0.397 bits per heavy atom. The van der Waals surface area contributed by atoms with Crippen LogP contribution in [0.15, 0.2) is 0 Å². The number of carbonyl (C=O) groups is 6. The van der Waals surface area contributed by atoms with E-state index < -0.39 is 29.6 Å². The zero-order valence-electron chi connectivity index (χ0n) is 40.7. The average Bonchev–Trinajstić information content (AvgIpc) is 3.23. The molecule has 14 heteroatoms. The third kappa shape index (κ3) is 38.7. The molecule has 0 aliphatic rings. The van der Waals surface area contributed by atoms with Gasteiger partial charge < -0.3 is 38.1 Å². The number of amides is 1. The summed E-state index contributed by atoms with van der Waals surface area (Å²) in [7, 11) is 1.53. The number of hydrogen-bond donors (Lipinski definition) is 0. The number of methoxy groups -OCH3 is 1. The van der Waals surface area contributed by atoms with Crippen molar-refractivity contribution in [1.82, 2.24) is 4.90 Å². The Hall–Kier alpha value is -3.42. The third-order valence-corrected chi connectivity index (χ3v) is 10.3. The van der Waals surface area contributed by atoms with Crippen LogP contribution in [0, 0.1) is 11.8 Å². The van der Waals surface area contributed by atoms with Crippen LogP contribution in [-0.2, 0) is 57.1 Å². The molecule has 368 valence electrons. The molecule has 14 nitrogen and oxygen atoms in total. The smallest absolute Gasteiger partial charge is 0.410 e. The number of carbonyl (C=O) groups excluding carboxylic acids is 6. The topological polar surface area (TPSA) is 170 Å². The molecular weight excluding hydrogens is 811 g/mol. The fraction of sp³-hybridized carbons (Fsp3) is 0.878. The molecule has 0 heterocycles. The number of hydrogen-bond acceptors (Lipinski definition) is 13. The molecule has 0 aliphatic carbocycles. The molecule has 63 heavy (non-hydrogen) atoms. The molecule has 1 unspecified atom stereocenters. The van der Waals surface area contributed by atoms with Crippen LogP contribution in [0.5, 0.6) is 0 Å². The second-order valence-corrected chi connectivity index (χ2v) is 17.8. The molecule has 1 atom stereocenters. The van der Waals surface area contributed by atoms with E-state index in [4.69, 9.17) is 33.2 Å². The molecule has 0 aromatic rings. The SMILES string of the molecule is CCCCCCCCC(=O)OCC(COC)COC(=O)CCCN(CCCC(=O)OCC(COC(=O)CCCCCCCC)COC(=O)CCCCCCCC)C(=O)OC(C)(C)C. The van der Waals surface area contributed by atoms with Gasteiger partial charge in [0.2, 0.25) is 0 Å². The predicted molar refractivity (Wildman–Crippen MR) is 244 cm³/mol. The second kappa shape index (κ2) is 40.1. The van der Waals surface area contributed by atoms with Gasteiger partial charge in [-0.05, 0) is 52.9 Å². The highest BCUT2D eigenvalue weighted by atomic mass is 16.6. The van der Waals surface area contributed by atoms with Gasteiger partial charge in [-0.3, -0.25) is 24.0 Å². The first-order valence-electron chi connectivity index (χ1n) is 24.5. The van der Waals surface area contributed by atoms with Gasteiger partial charge in [0.1, 0.15) is 25.4 Å². The lowest BCUT2D eigenvalue weighted by Crippen LogP contribution is -2.38. The number of ether oxygens (including phenoxy) is 7. The van der Waals surface area contributed by atoms with Gasteiger partial charge in [-0.15, -0.1) is 0 Å². The molecular formula is C49H89NO13. The minimum Gasteiger partial charge on any atom is -0.465 e. The molecule has 0 radical (unpaired) electrons. The van der Waals surface area contributed by atoms with E-state index in [9.17, 15) is 28.8 Å². The Morgan fingerprint density at radius 3 is 0.952 bits per heavy atom. The lowest BCUT2D eigenvalue weighted by molar-refractivity contribution is -0.154. The summed E-state index contributed by atoms with van der Waals surface area (Å²) in [5.74, 6) is -2.74. The fourth-order valence-corrected chi connectivity index (χ4v) is 6.54. The van der Waals surface area contributed by atoms with Gasteiger partial charge in [0.15, 0.2) is 0 Å². The predicted octanol–water partition coefficient (Wildman–Crippen LogP) is 10.6. The number of unbranched alkanes of at least 4 members (excludes halogenated alkanes) is 15. The van der Waals surface area contributed by atoms with Gasteiger partial charge in [0.25, 0.3) is 0 Å². The van der Waals surface area contributed by atoms with Crippen molar-refractivity contribution in [2.45, 2.75) is 208 Å². The molecule has 0 bridgehead atoms. The van der Waals surface area contributed by atoms with Crippen LogP contribution >= 0.6 is 0 Å². The van der Waals surface area contributed by atoms with E-state index in [0.717, 1.165) is 83.5 Å². The van der Waals surface area contributed by atoms with Crippen molar-refractivity contribution in [3.8, 4) is 0 Å². The van der Waals surface area contributed by atoms with Crippen LogP contribution in [0.1, 0.15) is 202 Å². The Balaban J connectivity index is 5.04. The van der Waals surface area contributed by atoms with Crippen molar-refractivity contribution in [1.29, 1.82) is 0 Å². The molecule has 0 aromatic heterocycles. The minimum absolute atomic E-state index is 0.00584. The Labute approximate surface area is 381 Å². The zero-order valence-corrected chi connectivity index (χ0v) is 40.7. The van der Waals surface area contributed by atoms with E-state index in [1.165, 1.54) is 44.1 Å². The van der Waals surface area contributed by atoms with Gasteiger partial charge in [0.05, 0.1) is 31.7 Å². The van der Waals surface area contributed by atoms with Gasteiger partial charge in [-0.25, -0.2) is 4.79 Å². The maximum Gasteiger partial charge on any atom is 0.410 e. The van der Waals surface area contributed by atoms with Crippen LogP contribution in [0.3, 0.4) is 0 Å². The van der Waals surface area contributed by atoms with Crippen LogP contribution in [0.25, 0.3) is 0 Å². The molecule has 0 N–H and O–H groups in total. The number of esters is 5. The van der Waals surface area contributed by atoms with Crippen molar-refractivity contribution >= 4 is 35.9 Å². The normalized spacial score (nSPS) is 11.8. The summed E-state index contributed by atoms with van der Waals surface area (Å²) in [6, 6.07) is 0. The molecule has 1 amide bonds. The standard InChI is InChI=1S/C49H89NO13/c1-8-11-14-17-20-23-28-43(51)58-36-41(35-57-7)37-59-46(54)31-26-33-50(48(56)63-49(4,5)6)34-27-32-47(55)62-40-42(38-60-44(52)29-24-21-18-15-12-9-2)39-61-45(53)30-25-22-19-16-13-10-3/h41-42H,8-40H2,1-7H3.